The minimum absolute atomic E-state index is 0.164. The largest absolute Gasteiger partial charge is 0.462 e. The number of hydrogen-bond acceptors (Lipinski definition) is 9. The lowest BCUT2D eigenvalue weighted by molar-refractivity contribution is -0.115. The number of thiophene rings is 1. The van der Waals surface area contributed by atoms with Gasteiger partial charge in [0.2, 0.25) is 5.91 Å². The van der Waals surface area contributed by atoms with Crippen LogP contribution >= 0.6 is 23.1 Å². The summed E-state index contributed by atoms with van der Waals surface area (Å²) in [5.41, 5.74) is 2.05. The van der Waals surface area contributed by atoms with Crippen LogP contribution in [0, 0.1) is 6.92 Å². The number of carbonyl (C=O) groups excluding carboxylic acids is 3. The highest BCUT2D eigenvalue weighted by molar-refractivity contribution is 7.99. The first-order valence-corrected chi connectivity index (χ1v) is 11.5. The van der Waals surface area contributed by atoms with Gasteiger partial charge in [-0.15, -0.1) is 11.3 Å². The molecule has 0 radical (unpaired) electrons. The molecule has 0 bridgehead atoms. The number of aromatic nitrogens is 1. The van der Waals surface area contributed by atoms with E-state index < -0.39 is 11.9 Å². The first-order chi connectivity index (χ1) is 14.9. The Bertz CT molecular complexity index is 1070. The van der Waals surface area contributed by atoms with Crippen LogP contribution in [0.2, 0.25) is 0 Å². The number of hydrogen-bond donors (Lipinski definition) is 1. The number of nitrogens with one attached hydrogen (secondary N) is 1. The van der Waals surface area contributed by atoms with Crippen molar-refractivity contribution in [2.45, 2.75) is 32.4 Å². The molecule has 3 aromatic rings. The Hall–Kier alpha value is -2.85. The number of thioether (sulfide) groups is 1. The van der Waals surface area contributed by atoms with E-state index in [-0.39, 0.29) is 41.0 Å². The second kappa shape index (κ2) is 10.5. The summed E-state index contributed by atoms with van der Waals surface area (Å²) in [5.74, 6) is -1.00. The fourth-order valence-corrected chi connectivity index (χ4v) is 4.65. The highest BCUT2D eigenvalue weighted by atomic mass is 32.2. The number of benzene rings is 1. The zero-order valence-corrected chi connectivity index (χ0v) is 19.0. The molecule has 164 valence electrons. The Kier molecular flexibility index (Phi) is 7.69. The zero-order chi connectivity index (χ0) is 22.4. The summed E-state index contributed by atoms with van der Waals surface area (Å²) >= 11 is 2.33. The van der Waals surface area contributed by atoms with Crippen molar-refractivity contribution in [1.82, 2.24) is 4.98 Å². The predicted molar refractivity (Wildman–Crippen MR) is 119 cm³/mol. The molecule has 10 heteroatoms. The maximum Gasteiger partial charge on any atom is 0.348 e. The normalized spacial score (nSPS) is 10.8. The van der Waals surface area contributed by atoms with Crippen LogP contribution in [0.1, 0.15) is 45.9 Å². The molecule has 2 aromatic heterocycles. The summed E-state index contributed by atoms with van der Waals surface area (Å²) < 4.78 is 15.8. The molecule has 2 heterocycles. The van der Waals surface area contributed by atoms with Crippen molar-refractivity contribution in [3.8, 4) is 0 Å². The number of fused-ring (bicyclic) bond motifs is 1. The number of nitrogens with zero attached hydrogens (tertiary/aromatic N) is 1. The topological polar surface area (TPSA) is 108 Å². The van der Waals surface area contributed by atoms with E-state index in [0.717, 1.165) is 16.9 Å². The number of carbonyl (C=O) groups is 3. The van der Waals surface area contributed by atoms with Crippen molar-refractivity contribution in [2.24, 2.45) is 0 Å². The van der Waals surface area contributed by atoms with Gasteiger partial charge in [-0.1, -0.05) is 23.9 Å². The number of ether oxygens (including phenoxy) is 2. The molecule has 1 N–H and O–H groups in total. The minimum atomic E-state index is -0.594. The number of rotatable bonds is 9. The van der Waals surface area contributed by atoms with Gasteiger partial charge in [0.1, 0.15) is 15.4 Å². The second-order valence-electron chi connectivity index (χ2n) is 6.30. The number of amides is 1. The summed E-state index contributed by atoms with van der Waals surface area (Å²) in [6.07, 6.45) is 0.164. The van der Waals surface area contributed by atoms with Crippen molar-refractivity contribution in [3.63, 3.8) is 0 Å². The number of para-hydroxylation sites is 2. The van der Waals surface area contributed by atoms with E-state index >= 15 is 0 Å². The molecule has 0 unspecified atom stereocenters. The first kappa shape index (κ1) is 22.8. The number of anilines is 1. The molecule has 0 fully saturated rings. The van der Waals surface area contributed by atoms with Crippen LogP contribution in [-0.2, 0) is 14.3 Å². The Morgan fingerprint density at radius 3 is 2.55 bits per heavy atom. The smallest absolute Gasteiger partial charge is 0.348 e. The quantitative estimate of drug-likeness (QED) is 0.361. The van der Waals surface area contributed by atoms with Gasteiger partial charge in [-0.25, -0.2) is 14.6 Å². The van der Waals surface area contributed by atoms with E-state index in [1.807, 2.05) is 24.3 Å². The number of oxazole rings is 1. The summed E-state index contributed by atoms with van der Waals surface area (Å²) in [6.45, 7) is 5.41. The lowest BCUT2D eigenvalue weighted by atomic mass is 10.1. The molecule has 0 spiro atoms. The maximum absolute atomic E-state index is 12.5. The predicted octanol–water partition coefficient (Wildman–Crippen LogP) is 4.67. The number of esters is 2. The van der Waals surface area contributed by atoms with Gasteiger partial charge in [-0.05, 0) is 38.5 Å². The molecule has 0 atom stereocenters. The molecule has 31 heavy (non-hydrogen) atoms. The molecule has 0 saturated heterocycles. The molecular weight excluding hydrogens is 440 g/mol. The van der Waals surface area contributed by atoms with E-state index in [9.17, 15) is 14.4 Å². The van der Waals surface area contributed by atoms with Gasteiger partial charge in [0, 0.05) is 12.2 Å². The SMILES string of the molecule is CCOC(=O)c1sc(NC(=O)CCSc2nc3ccccc3o2)c(C(=O)OCC)c1C. The van der Waals surface area contributed by atoms with E-state index in [1.54, 1.807) is 20.8 Å². The lowest BCUT2D eigenvalue weighted by Crippen LogP contribution is -2.15. The summed E-state index contributed by atoms with van der Waals surface area (Å²) in [6, 6.07) is 7.43. The van der Waals surface area contributed by atoms with Gasteiger partial charge in [-0.2, -0.15) is 0 Å². The Balaban J connectivity index is 1.67. The second-order valence-corrected chi connectivity index (χ2v) is 8.36. The van der Waals surface area contributed by atoms with Crippen LogP contribution in [-0.4, -0.2) is 41.8 Å². The van der Waals surface area contributed by atoms with Crippen molar-refractivity contribution >= 4 is 57.0 Å². The maximum atomic E-state index is 12.5. The Morgan fingerprint density at radius 2 is 1.84 bits per heavy atom. The molecule has 1 aromatic carbocycles. The first-order valence-electron chi connectivity index (χ1n) is 9.70. The molecule has 0 aliphatic heterocycles. The minimum Gasteiger partial charge on any atom is -0.462 e. The van der Waals surface area contributed by atoms with Crippen molar-refractivity contribution in [2.75, 3.05) is 24.3 Å². The van der Waals surface area contributed by atoms with Crippen LogP contribution in [0.25, 0.3) is 11.1 Å². The highest BCUT2D eigenvalue weighted by Gasteiger charge is 2.27. The molecule has 1 amide bonds. The highest BCUT2D eigenvalue weighted by Crippen LogP contribution is 2.34. The average molecular weight is 463 g/mol. The van der Waals surface area contributed by atoms with Crippen molar-refractivity contribution in [3.05, 3.63) is 40.3 Å². The van der Waals surface area contributed by atoms with E-state index in [1.165, 1.54) is 11.8 Å². The van der Waals surface area contributed by atoms with Gasteiger partial charge < -0.3 is 19.2 Å². The van der Waals surface area contributed by atoms with Crippen molar-refractivity contribution < 1.29 is 28.3 Å². The summed E-state index contributed by atoms with van der Waals surface area (Å²) in [5, 5.41) is 3.49. The van der Waals surface area contributed by atoms with E-state index in [0.29, 0.717) is 22.1 Å². The Morgan fingerprint density at radius 1 is 1.13 bits per heavy atom. The lowest BCUT2D eigenvalue weighted by Gasteiger charge is -2.06. The van der Waals surface area contributed by atoms with E-state index in [2.05, 4.69) is 10.3 Å². The monoisotopic (exact) mass is 462 g/mol. The van der Waals surface area contributed by atoms with E-state index in [4.69, 9.17) is 13.9 Å². The molecule has 3 rings (SSSR count). The van der Waals surface area contributed by atoms with Crippen LogP contribution in [0.4, 0.5) is 5.00 Å². The van der Waals surface area contributed by atoms with Crippen LogP contribution in [0.15, 0.2) is 33.9 Å². The van der Waals surface area contributed by atoms with Crippen LogP contribution in [0.5, 0.6) is 0 Å². The molecule has 0 aliphatic rings. The third-order valence-corrected chi connectivity index (χ3v) is 6.19. The van der Waals surface area contributed by atoms with Gasteiger partial charge in [0.15, 0.2) is 5.58 Å². The van der Waals surface area contributed by atoms with Crippen molar-refractivity contribution in [1.29, 1.82) is 0 Å². The zero-order valence-electron chi connectivity index (χ0n) is 17.4. The molecule has 0 aliphatic carbocycles. The van der Waals surface area contributed by atoms with Gasteiger partial charge >= 0.3 is 11.9 Å². The molecule has 0 saturated carbocycles. The molecular formula is C21H22N2O6S2. The third-order valence-electron chi connectivity index (χ3n) is 4.17. The summed E-state index contributed by atoms with van der Waals surface area (Å²) in [7, 11) is 0. The average Bonchev–Trinajstić information content (AvgIpc) is 3.28. The Labute approximate surface area is 187 Å². The van der Waals surface area contributed by atoms with Gasteiger partial charge in [0.25, 0.3) is 5.22 Å². The third kappa shape index (κ3) is 5.45. The van der Waals surface area contributed by atoms with Crippen LogP contribution < -0.4 is 5.32 Å². The molecule has 8 nitrogen and oxygen atoms in total. The van der Waals surface area contributed by atoms with Crippen LogP contribution in [0.3, 0.4) is 0 Å². The van der Waals surface area contributed by atoms with Gasteiger partial charge in [0.05, 0.1) is 18.8 Å². The fourth-order valence-electron chi connectivity index (χ4n) is 2.77. The summed E-state index contributed by atoms with van der Waals surface area (Å²) in [4.78, 5) is 41.7. The standard InChI is InChI=1S/C21H22N2O6S2/c1-4-27-19(25)16-12(3)17(20(26)28-5-2)31-18(16)23-15(24)10-11-30-21-22-13-8-6-7-9-14(13)29-21/h6-9H,4-5,10-11H2,1-3H3,(H,23,24). The fraction of sp³-hybridized carbons (Fsp3) is 0.333. The van der Waals surface area contributed by atoms with Gasteiger partial charge in [-0.3, -0.25) is 4.79 Å².